The molecule has 1 amide bonds. The first-order valence-electron chi connectivity index (χ1n) is 10.2. The predicted molar refractivity (Wildman–Crippen MR) is 130 cm³/mol. The van der Waals surface area contributed by atoms with Crippen LogP contribution in [0.4, 0.5) is 18.9 Å². The summed E-state index contributed by atoms with van der Waals surface area (Å²) >= 11 is 6.34. The van der Waals surface area contributed by atoms with Gasteiger partial charge in [0.1, 0.15) is 0 Å². The molecule has 0 atom stereocenters. The first-order valence-corrected chi connectivity index (χ1v) is 11.4. The molecule has 33 heavy (non-hydrogen) atoms. The maximum Gasteiger partial charge on any atom is 0.416 e. The second-order valence-corrected chi connectivity index (χ2v) is 8.61. The van der Waals surface area contributed by atoms with E-state index in [-0.39, 0.29) is 10.0 Å². The van der Waals surface area contributed by atoms with Gasteiger partial charge in [-0.05, 0) is 62.2 Å². The number of hydrogen-bond acceptors (Lipinski definition) is 5. The van der Waals surface area contributed by atoms with E-state index in [1.165, 1.54) is 12.1 Å². The zero-order chi connectivity index (χ0) is 24.2. The van der Waals surface area contributed by atoms with Gasteiger partial charge in [-0.2, -0.15) is 13.2 Å². The minimum atomic E-state index is -4.52. The maximum absolute atomic E-state index is 13.1. The Balaban J connectivity index is 2.00. The third-order valence-corrected chi connectivity index (χ3v) is 5.93. The highest BCUT2D eigenvalue weighted by atomic mass is 32.2. The first kappa shape index (κ1) is 24.9. The molecule has 9 heteroatoms. The summed E-state index contributed by atoms with van der Waals surface area (Å²) < 4.78 is 51.0. The molecule has 1 aliphatic heterocycles. The normalized spacial score (nSPS) is 15.3. The molecule has 2 aromatic rings. The topological polar surface area (TPSA) is 38.8 Å². The Morgan fingerprint density at radius 2 is 1.88 bits per heavy atom. The van der Waals surface area contributed by atoms with Crippen LogP contribution >= 0.6 is 24.0 Å². The highest BCUT2D eigenvalue weighted by Crippen LogP contribution is 2.40. The van der Waals surface area contributed by atoms with Gasteiger partial charge in [-0.15, -0.1) is 6.58 Å². The van der Waals surface area contributed by atoms with E-state index < -0.39 is 17.6 Å². The van der Waals surface area contributed by atoms with Gasteiger partial charge in [-0.1, -0.05) is 36.1 Å². The fraction of sp³-hybridized carbons (Fsp3) is 0.250. The number of hydrogen-bond donors (Lipinski definition) is 0. The molecule has 0 aliphatic carbocycles. The van der Waals surface area contributed by atoms with E-state index in [1.54, 1.807) is 18.2 Å². The lowest BCUT2D eigenvalue weighted by atomic mass is 10.0. The molecule has 0 spiro atoms. The minimum absolute atomic E-state index is 0.0739. The summed E-state index contributed by atoms with van der Waals surface area (Å²) in [6, 6.07) is 8.18. The Kier molecular flexibility index (Phi) is 7.86. The molecule has 1 aliphatic rings. The van der Waals surface area contributed by atoms with E-state index in [4.69, 9.17) is 21.7 Å². The number of thiocarbonyl (C=S) groups is 1. The summed E-state index contributed by atoms with van der Waals surface area (Å²) in [6.07, 6.45) is -0.601. The fourth-order valence-electron chi connectivity index (χ4n) is 3.31. The van der Waals surface area contributed by atoms with Gasteiger partial charge in [-0.3, -0.25) is 9.69 Å². The summed E-state index contributed by atoms with van der Waals surface area (Å²) in [5.74, 6) is 0.674. The number of ether oxygens (including phenoxy) is 2. The molecule has 1 heterocycles. The Hall–Kier alpha value is -2.78. The summed E-state index contributed by atoms with van der Waals surface area (Å²) in [5.41, 5.74) is 0.755. The van der Waals surface area contributed by atoms with Crippen molar-refractivity contribution < 1.29 is 27.4 Å². The van der Waals surface area contributed by atoms with Crippen LogP contribution in [-0.2, 0) is 17.4 Å². The lowest BCUT2D eigenvalue weighted by molar-refractivity contribution is -0.137. The monoisotopic (exact) mass is 493 g/mol. The summed E-state index contributed by atoms with van der Waals surface area (Å²) in [7, 11) is 0. The van der Waals surface area contributed by atoms with Crippen molar-refractivity contribution in [1.29, 1.82) is 0 Å². The average molecular weight is 494 g/mol. The number of halogens is 3. The molecule has 1 saturated heterocycles. The van der Waals surface area contributed by atoms with Crippen LogP contribution < -0.4 is 14.4 Å². The van der Waals surface area contributed by atoms with Gasteiger partial charge in [0.05, 0.1) is 29.4 Å². The Bertz CT molecular complexity index is 1110. The Morgan fingerprint density at radius 3 is 2.52 bits per heavy atom. The summed E-state index contributed by atoms with van der Waals surface area (Å²) in [5, 5.41) is 0. The lowest BCUT2D eigenvalue weighted by Crippen LogP contribution is -2.27. The van der Waals surface area contributed by atoms with Gasteiger partial charge in [0.25, 0.3) is 5.91 Å². The molecule has 1 fully saturated rings. The standard InChI is InChI=1S/C24H22F3NO3S2/c1-4-8-16-11-15(12-19(30-5-2)21(16)31-6-3)13-20-22(29)28(23(32)33-20)18-10-7-9-17(14-18)24(25,26)27/h4,7,9-14H,1,5-6,8H2,2-3H3/b20-13-. The molecule has 2 aromatic carbocycles. The van der Waals surface area contributed by atoms with Crippen LogP contribution in [0.25, 0.3) is 6.08 Å². The molecule has 0 N–H and O–H groups in total. The van der Waals surface area contributed by atoms with E-state index >= 15 is 0 Å². The van der Waals surface area contributed by atoms with Crippen molar-refractivity contribution in [2.24, 2.45) is 0 Å². The van der Waals surface area contributed by atoms with E-state index in [0.29, 0.717) is 41.6 Å². The highest BCUT2D eigenvalue weighted by molar-refractivity contribution is 8.27. The number of benzene rings is 2. The number of allylic oxidation sites excluding steroid dienone is 1. The number of alkyl halides is 3. The fourth-order valence-corrected chi connectivity index (χ4v) is 4.61. The van der Waals surface area contributed by atoms with Crippen LogP contribution in [0.2, 0.25) is 0 Å². The van der Waals surface area contributed by atoms with Gasteiger partial charge in [0.15, 0.2) is 15.8 Å². The van der Waals surface area contributed by atoms with Crippen molar-refractivity contribution >= 4 is 46.0 Å². The number of nitrogens with zero attached hydrogens (tertiary/aromatic N) is 1. The molecule has 0 unspecified atom stereocenters. The van der Waals surface area contributed by atoms with Gasteiger partial charge in [0, 0.05) is 5.56 Å². The molecular formula is C24H22F3NO3S2. The average Bonchev–Trinajstić information content (AvgIpc) is 3.03. The first-order chi connectivity index (χ1) is 15.7. The van der Waals surface area contributed by atoms with Gasteiger partial charge >= 0.3 is 6.18 Å². The smallest absolute Gasteiger partial charge is 0.416 e. The van der Waals surface area contributed by atoms with Crippen LogP contribution in [0.5, 0.6) is 11.5 Å². The van der Waals surface area contributed by atoms with Crippen molar-refractivity contribution in [2.75, 3.05) is 18.1 Å². The lowest BCUT2D eigenvalue weighted by Gasteiger charge is -2.17. The molecular weight excluding hydrogens is 471 g/mol. The molecule has 3 rings (SSSR count). The van der Waals surface area contributed by atoms with Gasteiger partial charge in [0.2, 0.25) is 0 Å². The minimum Gasteiger partial charge on any atom is -0.490 e. The molecule has 4 nitrogen and oxygen atoms in total. The quantitative estimate of drug-likeness (QED) is 0.234. The van der Waals surface area contributed by atoms with Gasteiger partial charge in [-0.25, -0.2) is 0 Å². The maximum atomic E-state index is 13.1. The van der Waals surface area contributed by atoms with Crippen LogP contribution in [0, 0.1) is 0 Å². The third-order valence-electron chi connectivity index (χ3n) is 4.63. The van der Waals surface area contributed by atoms with Crippen molar-refractivity contribution in [3.05, 3.63) is 70.6 Å². The number of anilines is 1. The summed E-state index contributed by atoms with van der Waals surface area (Å²) in [4.78, 5) is 14.5. The summed E-state index contributed by atoms with van der Waals surface area (Å²) in [6.45, 7) is 8.40. The number of amides is 1. The molecule has 0 aromatic heterocycles. The largest absolute Gasteiger partial charge is 0.490 e. The van der Waals surface area contributed by atoms with Crippen molar-refractivity contribution in [2.45, 2.75) is 26.4 Å². The molecule has 0 bridgehead atoms. The van der Waals surface area contributed by atoms with E-state index in [0.717, 1.165) is 34.4 Å². The van der Waals surface area contributed by atoms with Crippen LogP contribution in [0.3, 0.4) is 0 Å². The molecule has 0 radical (unpaired) electrons. The third kappa shape index (κ3) is 5.59. The zero-order valence-corrected chi connectivity index (χ0v) is 19.7. The number of thioether (sulfide) groups is 1. The van der Waals surface area contributed by atoms with Crippen LogP contribution in [0.1, 0.15) is 30.5 Å². The van der Waals surface area contributed by atoms with Crippen LogP contribution in [-0.4, -0.2) is 23.4 Å². The molecule has 0 saturated carbocycles. The van der Waals surface area contributed by atoms with E-state index in [2.05, 4.69) is 6.58 Å². The Labute approximate surface area is 200 Å². The van der Waals surface area contributed by atoms with Crippen molar-refractivity contribution in [3.8, 4) is 11.5 Å². The Morgan fingerprint density at radius 1 is 1.15 bits per heavy atom. The van der Waals surface area contributed by atoms with Gasteiger partial charge < -0.3 is 9.47 Å². The van der Waals surface area contributed by atoms with Crippen LogP contribution in [0.15, 0.2) is 54.0 Å². The number of rotatable bonds is 8. The second kappa shape index (κ2) is 10.4. The highest BCUT2D eigenvalue weighted by Gasteiger charge is 2.36. The second-order valence-electron chi connectivity index (χ2n) is 6.93. The van der Waals surface area contributed by atoms with E-state index in [1.807, 2.05) is 19.9 Å². The van der Waals surface area contributed by atoms with E-state index in [9.17, 15) is 18.0 Å². The zero-order valence-electron chi connectivity index (χ0n) is 18.1. The van der Waals surface area contributed by atoms with Crippen molar-refractivity contribution in [1.82, 2.24) is 0 Å². The number of carbonyl (C=O) groups is 1. The predicted octanol–water partition coefficient (Wildman–Crippen LogP) is 6.64. The SMILES string of the molecule is C=CCc1cc(/C=C2\SC(=S)N(c3cccc(C(F)(F)F)c3)C2=O)cc(OCC)c1OCC. The molecule has 174 valence electrons. The number of carbonyl (C=O) groups excluding carboxylic acids is 1. The van der Waals surface area contributed by atoms with Crippen molar-refractivity contribution in [3.63, 3.8) is 0 Å².